The fourth-order valence-corrected chi connectivity index (χ4v) is 2.49. The van der Waals surface area contributed by atoms with Crippen molar-refractivity contribution in [2.75, 3.05) is 5.32 Å². The molecule has 1 radical (unpaired) electrons. The average molecular weight is 272 g/mol. The van der Waals surface area contributed by atoms with Gasteiger partial charge in [-0.05, 0) is 22.8 Å². The lowest BCUT2D eigenvalue weighted by Gasteiger charge is -2.14. The predicted octanol–water partition coefficient (Wildman–Crippen LogP) is 4.50. The van der Waals surface area contributed by atoms with Gasteiger partial charge in [0.25, 0.3) is 0 Å². The highest BCUT2D eigenvalue weighted by atomic mass is 16.1. The Bertz CT molecular complexity index is 736. The van der Waals surface area contributed by atoms with Crippen LogP contribution in [0.3, 0.4) is 0 Å². The predicted molar refractivity (Wildman–Crippen MR) is 86.6 cm³/mol. The Labute approximate surface area is 124 Å². The molecule has 101 valence electrons. The third-order valence-electron chi connectivity index (χ3n) is 3.40. The van der Waals surface area contributed by atoms with E-state index in [2.05, 4.69) is 23.5 Å². The third kappa shape index (κ3) is 2.70. The minimum atomic E-state index is 0.762. The lowest BCUT2D eigenvalue weighted by Crippen LogP contribution is -1.98. The van der Waals surface area contributed by atoms with E-state index in [4.69, 9.17) is 0 Å². The topological polar surface area (TPSA) is 29.1 Å². The van der Waals surface area contributed by atoms with E-state index in [-0.39, 0.29) is 0 Å². The number of anilines is 1. The Balaban J connectivity index is 2.25. The Morgan fingerprint density at radius 2 is 1.29 bits per heavy atom. The zero-order valence-electron chi connectivity index (χ0n) is 11.4. The summed E-state index contributed by atoms with van der Waals surface area (Å²) in [6.45, 7) is 0. The van der Waals surface area contributed by atoms with Crippen LogP contribution in [0, 0.1) is 0 Å². The molecule has 1 amide bonds. The Morgan fingerprint density at radius 3 is 1.90 bits per heavy atom. The number of rotatable bonds is 4. The summed E-state index contributed by atoms with van der Waals surface area (Å²) in [4.78, 5) is 10.8. The molecule has 0 atom stereocenters. The quantitative estimate of drug-likeness (QED) is 0.696. The van der Waals surface area contributed by atoms with Crippen molar-refractivity contribution in [3.05, 3.63) is 78.9 Å². The van der Waals surface area contributed by atoms with Gasteiger partial charge in [-0.3, -0.25) is 4.79 Å². The van der Waals surface area contributed by atoms with E-state index in [9.17, 15) is 4.79 Å². The van der Waals surface area contributed by atoms with E-state index in [0.29, 0.717) is 0 Å². The van der Waals surface area contributed by atoms with E-state index >= 15 is 0 Å². The minimum Gasteiger partial charge on any atom is -0.317 e. The summed E-state index contributed by atoms with van der Waals surface area (Å²) in [5.41, 5.74) is 5.04. The zero-order chi connectivity index (χ0) is 14.5. The molecule has 3 aromatic carbocycles. The lowest BCUT2D eigenvalue weighted by atomic mass is 9.93. The first-order chi connectivity index (χ1) is 10.4. The zero-order valence-corrected chi connectivity index (χ0v) is 11.4. The molecule has 0 saturated heterocycles. The first kappa shape index (κ1) is 13.1. The van der Waals surface area contributed by atoms with Gasteiger partial charge in [-0.25, -0.2) is 0 Å². The van der Waals surface area contributed by atoms with Crippen molar-refractivity contribution in [2.24, 2.45) is 0 Å². The van der Waals surface area contributed by atoms with Gasteiger partial charge in [0.2, 0.25) is 0 Å². The molecule has 2 heteroatoms. The molecule has 0 aliphatic carbocycles. The Hall–Kier alpha value is -2.87. The summed E-state index contributed by atoms with van der Waals surface area (Å²) in [7, 11) is 0. The molecule has 0 unspecified atom stereocenters. The second-order valence-electron chi connectivity index (χ2n) is 4.69. The van der Waals surface area contributed by atoms with Gasteiger partial charge in [0.1, 0.15) is 0 Å². The van der Waals surface area contributed by atoms with Crippen molar-refractivity contribution in [2.45, 2.75) is 0 Å². The number of carbonyl (C=O) groups excluding carboxylic acids is 1. The highest BCUT2D eigenvalue weighted by molar-refractivity contribution is 5.95. The van der Waals surface area contributed by atoms with Crippen LogP contribution in [0.25, 0.3) is 22.3 Å². The number of benzene rings is 3. The molecule has 0 aliphatic rings. The van der Waals surface area contributed by atoms with E-state index in [1.54, 1.807) is 6.41 Å². The molecular formula is C19H14NO. The highest BCUT2D eigenvalue weighted by Gasteiger charge is 2.11. The van der Waals surface area contributed by atoms with Crippen molar-refractivity contribution in [1.82, 2.24) is 0 Å². The first-order valence-corrected chi connectivity index (χ1v) is 6.77. The van der Waals surface area contributed by atoms with Crippen LogP contribution in [-0.4, -0.2) is 6.41 Å². The van der Waals surface area contributed by atoms with Gasteiger partial charge in [0.15, 0.2) is 0 Å². The number of nitrogens with one attached hydrogen (secondary N) is 1. The van der Waals surface area contributed by atoms with Crippen molar-refractivity contribution in [3.8, 4) is 22.3 Å². The molecule has 0 spiro atoms. The van der Waals surface area contributed by atoms with Crippen molar-refractivity contribution < 1.29 is 4.79 Å². The van der Waals surface area contributed by atoms with Crippen LogP contribution in [0.1, 0.15) is 0 Å². The second-order valence-corrected chi connectivity index (χ2v) is 4.69. The van der Waals surface area contributed by atoms with Gasteiger partial charge in [0.05, 0.1) is 0 Å². The Kier molecular flexibility index (Phi) is 3.79. The molecule has 0 aromatic heterocycles. The Morgan fingerprint density at radius 1 is 0.667 bits per heavy atom. The summed E-state index contributed by atoms with van der Waals surface area (Å²) in [5.74, 6) is 0. The maximum Gasteiger partial charge on any atom is 0.314 e. The summed E-state index contributed by atoms with van der Waals surface area (Å²) in [5, 5.41) is 2.68. The third-order valence-corrected chi connectivity index (χ3v) is 3.40. The smallest absolute Gasteiger partial charge is 0.314 e. The summed E-state index contributed by atoms with van der Waals surface area (Å²) < 4.78 is 0. The fraction of sp³-hybridized carbons (Fsp3) is 0. The molecule has 0 heterocycles. The van der Waals surface area contributed by atoms with Gasteiger partial charge in [-0.2, -0.15) is 0 Å². The van der Waals surface area contributed by atoms with Crippen LogP contribution >= 0.6 is 0 Å². The van der Waals surface area contributed by atoms with Gasteiger partial charge >= 0.3 is 6.41 Å². The second kappa shape index (κ2) is 6.06. The molecule has 3 rings (SSSR count). The molecule has 0 fully saturated rings. The maximum absolute atomic E-state index is 10.8. The molecule has 21 heavy (non-hydrogen) atoms. The van der Waals surface area contributed by atoms with Crippen LogP contribution in [0.5, 0.6) is 0 Å². The van der Waals surface area contributed by atoms with Crippen LogP contribution in [0.15, 0.2) is 78.9 Å². The monoisotopic (exact) mass is 272 g/mol. The largest absolute Gasteiger partial charge is 0.317 e. The fourth-order valence-electron chi connectivity index (χ4n) is 2.49. The van der Waals surface area contributed by atoms with Gasteiger partial charge < -0.3 is 5.32 Å². The normalized spacial score (nSPS) is 10.1. The van der Waals surface area contributed by atoms with Crippen LogP contribution < -0.4 is 5.32 Å². The summed E-state index contributed by atoms with van der Waals surface area (Å²) in [6, 6.07) is 26.1. The van der Waals surface area contributed by atoms with E-state index in [1.165, 1.54) is 0 Å². The summed E-state index contributed by atoms with van der Waals surface area (Å²) >= 11 is 0. The molecule has 0 saturated carbocycles. The highest BCUT2D eigenvalue weighted by Crippen LogP contribution is 2.37. The van der Waals surface area contributed by atoms with E-state index in [1.807, 2.05) is 60.7 Å². The molecule has 3 aromatic rings. The molecular weight excluding hydrogens is 258 g/mol. The molecule has 1 N–H and O–H groups in total. The molecule has 0 aliphatic heterocycles. The number of hydrogen-bond acceptors (Lipinski definition) is 1. The van der Waals surface area contributed by atoms with Crippen molar-refractivity contribution in [1.29, 1.82) is 0 Å². The summed E-state index contributed by atoms with van der Waals surface area (Å²) in [6.07, 6.45) is 1.77. The maximum atomic E-state index is 10.8. The lowest BCUT2D eigenvalue weighted by molar-refractivity contribution is 0.561. The van der Waals surface area contributed by atoms with Crippen LogP contribution in [0.4, 0.5) is 5.69 Å². The molecule has 0 bridgehead atoms. The van der Waals surface area contributed by atoms with Gasteiger partial charge in [0, 0.05) is 11.3 Å². The SMILES string of the molecule is O=[C]Nc1cccc(-c2ccccc2)c1-c1ccccc1. The van der Waals surface area contributed by atoms with E-state index < -0.39 is 0 Å². The first-order valence-electron chi connectivity index (χ1n) is 6.77. The van der Waals surface area contributed by atoms with Crippen molar-refractivity contribution >= 4 is 12.1 Å². The standard InChI is InChI=1S/C19H14NO/c21-14-20-18-13-7-12-17(15-8-3-1-4-9-15)19(18)16-10-5-2-6-11-16/h1-13H,(H,20,21). The number of amides is 1. The van der Waals surface area contributed by atoms with Gasteiger partial charge in [-0.15, -0.1) is 0 Å². The van der Waals surface area contributed by atoms with Crippen molar-refractivity contribution in [3.63, 3.8) is 0 Å². The van der Waals surface area contributed by atoms with E-state index in [0.717, 1.165) is 27.9 Å². The average Bonchev–Trinajstić information content (AvgIpc) is 2.56. The van der Waals surface area contributed by atoms with Crippen LogP contribution in [-0.2, 0) is 4.79 Å². The number of hydrogen-bond donors (Lipinski definition) is 1. The van der Waals surface area contributed by atoms with Crippen LogP contribution in [0.2, 0.25) is 0 Å². The van der Waals surface area contributed by atoms with Gasteiger partial charge in [-0.1, -0.05) is 72.8 Å². The minimum absolute atomic E-state index is 0.762. The molecule has 2 nitrogen and oxygen atoms in total.